The highest BCUT2D eigenvalue weighted by molar-refractivity contribution is 5.94. The van der Waals surface area contributed by atoms with Gasteiger partial charge in [-0.15, -0.1) is 0 Å². The predicted octanol–water partition coefficient (Wildman–Crippen LogP) is 3.17. The first-order chi connectivity index (χ1) is 10.9. The summed E-state index contributed by atoms with van der Waals surface area (Å²) in [5.41, 5.74) is -0.163. The quantitative estimate of drug-likeness (QED) is 0.475. The molecule has 2 aromatic rings. The lowest BCUT2D eigenvalue weighted by molar-refractivity contribution is -0.386. The van der Waals surface area contributed by atoms with Gasteiger partial charge in [-0.2, -0.15) is 0 Å². The van der Waals surface area contributed by atoms with Crippen LogP contribution in [0.1, 0.15) is 21.5 Å². The lowest BCUT2D eigenvalue weighted by Gasteiger charge is -2.07. The van der Waals surface area contributed by atoms with E-state index in [4.69, 9.17) is 4.74 Å². The Labute approximate surface area is 130 Å². The fourth-order valence-electron chi connectivity index (χ4n) is 2.10. The van der Waals surface area contributed by atoms with E-state index in [2.05, 4.69) is 0 Å². The smallest absolute Gasteiger partial charge is 0.345 e. The van der Waals surface area contributed by atoms with Crippen LogP contribution in [0.15, 0.2) is 42.5 Å². The molecular formula is C15H12N2O6. The number of benzene rings is 2. The average molecular weight is 316 g/mol. The van der Waals surface area contributed by atoms with Crippen molar-refractivity contribution in [1.29, 1.82) is 0 Å². The number of nitro benzene ring substituents is 2. The van der Waals surface area contributed by atoms with Crippen molar-refractivity contribution in [1.82, 2.24) is 0 Å². The van der Waals surface area contributed by atoms with E-state index in [0.29, 0.717) is 5.56 Å². The van der Waals surface area contributed by atoms with Gasteiger partial charge >= 0.3 is 5.97 Å². The maximum Gasteiger partial charge on any atom is 0.345 e. The van der Waals surface area contributed by atoms with Crippen LogP contribution in [0.5, 0.6) is 0 Å². The number of carbonyl (C=O) groups excluding carboxylic acids is 1. The fourth-order valence-corrected chi connectivity index (χ4v) is 2.10. The minimum Gasteiger partial charge on any atom is -0.457 e. The molecule has 0 saturated carbocycles. The first kappa shape index (κ1) is 16.1. The van der Waals surface area contributed by atoms with E-state index >= 15 is 0 Å². The van der Waals surface area contributed by atoms with E-state index in [1.807, 2.05) is 0 Å². The molecule has 0 N–H and O–H groups in total. The molecule has 0 amide bonds. The first-order valence-electron chi connectivity index (χ1n) is 6.55. The van der Waals surface area contributed by atoms with Crippen molar-refractivity contribution >= 4 is 17.3 Å². The normalized spacial score (nSPS) is 10.1. The Balaban J connectivity index is 2.23. The third-order valence-corrected chi connectivity index (χ3v) is 3.19. The molecule has 0 aliphatic carbocycles. The maximum atomic E-state index is 12.1. The summed E-state index contributed by atoms with van der Waals surface area (Å²) >= 11 is 0. The molecule has 8 nitrogen and oxygen atoms in total. The molecule has 0 saturated heterocycles. The zero-order chi connectivity index (χ0) is 17.0. The van der Waals surface area contributed by atoms with Crippen LogP contribution >= 0.6 is 0 Å². The molecule has 2 rings (SSSR count). The van der Waals surface area contributed by atoms with E-state index in [0.717, 1.165) is 0 Å². The van der Waals surface area contributed by atoms with Crippen LogP contribution in [0.2, 0.25) is 0 Å². The number of aryl methyl sites for hydroxylation is 1. The van der Waals surface area contributed by atoms with Crippen LogP contribution in [-0.4, -0.2) is 15.8 Å². The van der Waals surface area contributed by atoms with Crippen LogP contribution < -0.4 is 0 Å². The van der Waals surface area contributed by atoms with Crippen molar-refractivity contribution < 1.29 is 19.4 Å². The highest BCUT2D eigenvalue weighted by Crippen LogP contribution is 2.25. The van der Waals surface area contributed by atoms with Gasteiger partial charge in [0, 0.05) is 11.6 Å². The predicted molar refractivity (Wildman–Crippen MR) is 80.0 cm³/mol. The van der Waals surface area contributed by atoms with Gasteiger partial charge in [-0.05, 0) is 19.1 Å². The molecule has 0 fully saturated rings. The summed E-state index contributed by atoms with van der Waals surface area (Å²) in [7, 11) is 0. The van der Waals surface area contributed by atoms with Gasteiger partial charge < -0.3 is 4.74 Å². The Morgan fingerprint density at radius 3 is 2.39 bits per heavy atom. The molecule has 0 heterocycles. The number of rotatable bonds is 5. The number of carbonyl (C=O) groups is 1. The Hall–Kier alpha value is -3.29. The summed E-state index contributed by atoms with van der Waals surface area (Å²) in [6.07, 6.45) is 0. The lowest BCUT2D eigenvalue weighted by Crippen LogP contribution is -2.10. The lowest BCUT2D eigenvalue weighted by atomic mass is 10.1. The van der Waals surface area contributed by atoms with Crippen LogP contribution in [0.4, 0.5) is 11.4 Å². The van der Waals surface area contributed by atoms with E-state index in [1.165, 1.54) is 43.3 Å². The van der Waals surface area contributed by atoms with E-state index in [1.54, 1.807) is 6.07 Å². The molecule has 0 aliphatic heterocycles. The zero-order valence-electron chi connectivity index (χ0n) is 12.1. The van der Waals surface area contributed by atoms with E-state index in [9.17, 15) is 25.0 Å². The van der Waals surface area contributed by atoms with Crippen LogP contribution in [0.25, 0.3) is 0 Å². The van der Waals surface area contributed by atoms with Crippen molar-refractivity contribution in [3.63, 3.8) is 0 Å². The Bertz CT molecular complexity index is 787. The fraction of sp³-hybridized carbons (Fsp3) is 0.133. The van der Waals surface area contributed by atoms with Crippen LogP contribution in [-0.2, 0) is 11.3 Å². The molecule has 2 aromatic carbocycles. The van der Waals surface area contributed by atoms with Gasteiger partial charge in [0.25, 0.3) is 11.4 Å². The minimum absolute atomic E-state index is 0.181. The number of para-hydroxylation sites is 2. The zero-order valence-corrected chi connectivity index (χ0v) is 12.1. The highest BCUT2D eigenvalue weighted by Gasteiger charge is 2.24. The molecule has 23 heavy (non-hydrogen) atoms. The van der Waals surface area contributed by atoms with Crippen LogP contribution in [0, 0.1) is 27.2 Å². The summed E-state index contributed by atoms with van der Waals surface area (Å²) in [5.74, 6) is -0.904. The number of hydrogen-bond donors (Lipinski definition) is 0. The maximum absolute atomic E-state index is 12.1. The number of hydrogen-bond acceptors (Lipinski definition) is 6. The Morgan fingerprint density at radius 2 is 1.74 bits per heavy atom. The highest BCUT2D eigenvalue weighted by atomic mass is 16.6. The Morgan fingerprint density at radius 1 is 1.04 bits per heavy atom. The van der Waals surface area contributed by atoms with E-state index < -0.39 is 15.8 Å². The van der Waals surface area contributed by atoms with Gasteiger partial charge in [0.05, 0.1) is 15.4 Å². The summed E-state index contributed by atoms with van der Waals surface area (Å²) < 4.78 is 5.00. The standard InChI is InChI=1S/C15H12N2O6/c1-10-5-4-7-12(14(10)17(21)22)15(18)23-9-11-6-2-3-8-13(11)16(19)20/h2-8H,9H2,1H3. The number of esters is 1. The Kier molecular flexibility index (Phi) is 4.65. The largest absolute Gasteiger partial charge is 0.457 e. The number of nitro groups is 2. The summed E-state index contributed by atoms with van der Waals surface area (Å²) in [6, 6.07) is 10.1. The minimum atomic E-state index is -0.904. The third-order valence-electron chi connectivity index (χ3n) is 3.19. The monoisotopic (exact) mass is 316 g/mol. The molecule has 118 valence electrons. The molecule has 0 atom stereocenters. The molecule has 0 bridgehead atoms. The molecule has 0 unspecified atom stereocenters. The van der Waals surface area contributed by atoms with Gasteiger partial charge in [0.15, 0.2) is 0 Å². The van der Waals surface area contributed by atoms with Gasteiger partial charge in [-0.1, -0.05) is 24.3 Å². The second-order valence-electron chi connectivity index (χ2n) is 4.69. The summed E-state index contributed by atoms with van der Waals surface area (Å²) in [6.45, 7) is 1.16. The topological polar surface area (TPSA) is 113 Å². The van der Waals surface area contributed by atoms with Crippen molar-refractivity contribution in [2.24, 2.45) is 0 Å². The summed E-state index contributed by atoms with van der Waals surface area (Å²) in [4.78, 5) is 32.8. The van der Waals surface area contributed by atoms with Crippen molar-refractivity contribution in [2.45, 2.75) is 13.5 Å². The number of ether oxygens (including phenoxy) is 1. The summed E-state index contributed by atoms with van der Waals surface area (Å²) in [5, 5.41) is 22.0. The molecule has 8 heteroatoms. The third kappa shape index (κ3) is 3.49. The molecule has 0 aromatic heterocycles. The molecule has 0 radical (unpaired) electrons. The van der Waals surface area contributed by atoms with Crippen molar-refractivity contribution in [3.8, 4) is 0 Å². The van der Waals surface area contributed by atoms with Crippen LogP contribution in [0.3, 0.4) is 0 Å². The second-order valence-corrected chi connectivity index (χ2v) is 4.69. The van der Waals surface area contributed by atoms with Gasteiger partial charge in [-0.25, -0.2) is 4.79 Å². The molecular weight excluding hydrogens is 304 g/mol. The van der Waals surface area contributed by atoms with Gasteiger partial charge in [0.1, 0.15) is 12.2 Å². The van der Waals surface area contributed by atoms with Gasteiger partial charge in [0.2, 0.25) is 0 Å². The van der Waals surface area contributed by atoms with Crippen molar-refractivity contribution in [3.05, 3.63) is 79.4 Å². The van der Waals surface area contributed by atoms with Gasteiger partial charge in [-0.3, -0.25) is 20.2 Å². The second kappa shape index (κ2) is 6.65. The van der Waals surface area contributed by atoms with Crippen molar-refractivity contribution in [2.75, 3.05) is 0 Å². The first-order valence-corrected chi connectivity index (χ1v) is 6.55. The molecule has 0 spiro atoms. The molecule has 0 aliphatic rings. The number of nitrogens with zero attached hydrogens (tertiary/aromatic N) is 2. The SMILES string of the molecule is Cc1cccc(C(=O)OCc2ccccc2[N+](=O)[O-])c1[N+](=O)[O-]. The average Bonchev–Trinajstić information content (AvgIpc) is 2.52. The van der Waals surface area contributed by atoms with E-state index in [-0.39, 0.29) is 29.1 Å².